The second kappa shape index (κ2) is 7.74. The average molecular weight is 409 g/mol. The van der Waals surface area contributed by atoms with Gasteiger partial charge in [-0.15, -0.1) is 0 Å². The first-order valence-electron chi connectivity index (χ1n) is 9.99. The zero-order valence-electron chi connectivity index (χ0n) is 16.7. The number of amides is 4. The van der Waals surface area contributed by atoms with Crippen LogP contribution in [0.1, 0.15) is 37.8 Å². The summed E-state index contributed by atoms with van der Waals surface area (Å²) < 4.78 is 0. The minimum atomic E-state index is -0.764. The predicted octanol–water partition coefficient (Wildman–Crippen LogP) is 1.94. The fourth-order valence-electron chi connectivity index (χ4n) is 4.09. The van der Waals surface area contributed by atoms with Crippen molar-refractivity contribution >= 4 is 23.5 Å². The Morgan fingerprint density at radius 3 is 2.70 bits per heavy atom. The molecule has 0 atom stereocenters. The number of urea groups is 1. The maximum Gasteiger partial charge on any atom is 0.325 e. The number of carbonyl (C=O) groups excluding carboxylic acids is 3. The van der Waals surface area contributed by atoms with Gasteiger partial charge in [-0.05, 0) is 31.9 Å². The number of aromatic amines is 1. The van der Waals surface area contributed by atoms with Crippen molar-refractivity contribution in [1.82, 2.24) is 20.2 Å². The van der Waals surface area contributed by atoms with Gasteiger partial charge in [0.15, 0.2) is 0 Å². The Kier molecular flexibility index (Phi) is 5.11. The second-order valence-corrected chi connectivity index (χ2v) is 7.79. The van der Waals surface area contributed by atoms with Crippen LogP contribution in [0.5, 0.6) is 0 Å². The largest absolute Gasteiger partial charge is 0.326 e. The molecule has 4 amide bonds. The van der Waals surface area contributed by atoms with Crippen LogP contribution < -0.4 is 16.2 Å². The molecule has 3 N–H and O–H groups in total. The lowest BCUT2D eigenvalue weighted by atomic mass is 9.98. The first-order chi connectivity index (χ1) is 14.4. The number of H-pyrrole nitrogens is 1. The number of anilines is 1. The molecule has 1 spiro atoms. The molecular weight excluding hydrogens is 386 g/mol. The molecule has 2 fully saturated rings. The lowest BCUT2D eigenvalue weighted by Crippen LogP contribution is -2.44. The lowest BCUT2D eigenvalue weighted by Gasteiger charge is -2.19. The van der Waals surface area contributed by atoms with Gasteiger partial charge in [-0.25, -0.2) is 9.78 Å². The highest BCUT2D eigenvalue weighted by molar-refractivity contribution is 6.07. The van der Waals surface area contributed by atoms with E-state index in [9.17, 15) is 19.2 Å². The number of carbonyl (C=O) groups is 3. The van der Waals surface area contributed by atoms with E-state index in [-0.39, 0.29) is 30.3 Å². The smallest absolute Gasteiger partial charge is 0.325 e. The summed E-state index contributed by atoms with van der Waals surface area (Å²) in [5, 5.41) is 5.57. The standard InChI is InChI=1S/C21H23N5O4/c1-13-11-17(28)24-18(22-13)14-5-4-6-15(12-14)23-16(27)7-10-26-19(29)21(25-20(26)30)8-2-3-9-21/h4-6,11-12H,2-3,7-10H2,1H3,(H,23,27)(H,25,30)(H,22,24,28). The van der Waals surface area contributed by atoms with Crippen LogP contribution in [-0.2, 0) is 9.59 Å². The highest BCUT2D eigenvalue weighted by Gasteiger charge is 2.52. The third-order valence-corrected chi connectivity index (χ3v) is 5.55. The third kappa shape index (κ3) is 3.83. The van der Waals surface area contributed by atoms with Gasteiger partial charge in [-0.3, -0.25) is 19.3 Å². The van der Waals surface area contributed by atoms with Crippen LogP contribution in [0.25, 0.3) is 11.4 Å². The highest BCUT2D eigenvalue weighted by atomic mass is 16.2. The Morgan fingerprint density at radius 2 is 1.97 bits per heavy atom. The van der Waals surface area contributed by atoms with Crippen molar-refractivity contribution in [2.24, 2.45) is 0 Å². The fraction of sp³-hybridized carbons (Fsp3) is 0.381. The zero-order chi connectivity index (χ0) is 21.3. The number of aryl methyl sites for hydroxylation is 1. The quantitative estimate of drug-likeness (QED) is 0.651. The molecule has 1 aliphatic carbocycles. The third-order valence-electron chi connectivity index (χ3n) is 5.55. The summed E-state index contributed by atoms with van der Waals surface area (Å²) in [6.45, 7) is 1.76. The van der Waals surface area contributed by atoms with Crippen molar-refractivity contribution in [3.63, 3.8) is 0 Å². The monoisotopic (exact) mass is 409 g/mol. The number of rotatable bonds is 5. The van der Waals surface area contributed by atoms with Crippen LogP contribution >= 0.6 is 0 Å². The van der Waals surface area contributed by atoms with Crippen LogP contribution in [0.3, 0.4) is 0 Å². The average Bonchev–Trinajstić information content (AvgIpc) is 3.25. The molecule has 2 aromatic rings. The number of hydrogen-bond acceptors (Lipinski definition) is 5. The van der Waals surface area contributed by atoms with Gasteiger partial charge >= 0.3 is 6.03 Å². The molecule has 30 heavy (non-hydrogen) atoms. The van der Waals surface area contributed by atoms with Gasteiger partial charge in [-0.2, -0.15) is 0 Å². The molecule has 2 aliphatic rings. The molecule has 0 unspecified atom stereocenters. The van der Waals surface area contributed by atoms with E-state index in [0.717, 1.165) is 17.7 Å². The molecule has 9 nitrogen and oxygen atoms in total. The van der Waals surface area contributed by atoms with E-state index in [0.29, 0.717) is 35.6 Å². The molecule has 1 aliphatic heterocycles. The van der Waals surface area contributed by atoms with E-state index in [1.165, 1.54) is 6.07 Å². The van der Waals surface area contributed by atoms with Crippen molar-refractivity contribution in [1.29, 1.82) is 0 Å². The van der Waals surface area contributed by atoms with Crippen LogP contribution in [0.2, 0.25) is 0 Å². The van der Waals surface area contributed by atoms with E-state index >= 15 is 0 Å². The Balaban J connectivity index is 1.39. The second-order valence-electron chi connectivity index (χ2n) is 7.79. The minimum absolute atomic E-state index is 0.000996. The Hall–Kier alpha value is -3.49. The molecule has 2 heterocycles. The number of imide groups is 1. The highest BCUT2D eigenvalue weighted by Crippen LogP contribution is 2.35. The predicted molar refractivity (Wildman–Crippen MR) is 110 cm³/mol. The van der Waals surface area contributed by atoms with Crippen molar-refractivity contribution in [2.75, 3.05) is 11.9 Å². The molecular formula is C21H23N5O4. The Morgan fingerprint density at radius 1 is 1.20 bits per heavy atom. The van der Waals surface area contributed by atoms with E-state index < -0.39 is 11.6 Å². The molecule has 1 aromatic heterocycles. The molecule has 1 aromatic carbocycles. The van der Waals surface area contributed by atoms with Gasteiger partial charge in [-0.1, -0.05) is 25.0 Å². The summed E-state index contributed by atoms with van der Waals surface area (Å²) in [5.74, 6) is -0.127. The van der Waals surface area contributed by atoms with Crippen molar-refractivity contribution < 1.29 is 14.4 Å². The van der Waals surface area contributed by atoms with Crippen molar-refractivity contribution in [3.8, 4) is 11.4 Å². The topological polar surface area (TPSA) is 124 Å². The van der Waals surface area contributed by atoms with E-state index in [4.69, 9.17) is 0 Å². The van der Waals surface area contributed by atoms with E-state index in [2.05, 4.69) is 20.6 Å². The summed E-state index contributed by atoms with van der Waals surface area (Å²) in [6, 6.07) is 7.93. The van der Waals surface area contributed by atoms with Crippen LogP contribution in [-0.4, -0.2) is 44.8 Å². The maximum absolute atomic E-state index is 12.6. The Bertz CT molecular complexity index is 1070. The lowest BCUT2D eigenvalue weighted by molar-refractivity contribution is -0.131. The van der Waals surface area contributed by atoms with E-state index in [1.807, 2.05) is 0 Å². The van der Waals surface area contributed by atoms with Crippen molar-refractivity contribution in [2.45, 2.75) is 44.6 Å². The first-order valence-corrected chi connectivity index (χ1v) is 9.99. The minimum Gasteiger partial charge on any atom is -0.326 e. The van der Waals surface area contributed by atoms with Gasteiger partial charge in [0.2, 0.25) is 5.91 Å². The van der Waals surface area contributed by atoms with Gasteiger partial charge in [0.1, 0.15) is 11.4 Å². The summed E-state index contributed by atoms with van der Waals surface area (Å²) in [4.78, 5) is 57.0. The fourth-order valence-corrected chi connectivity index (χ4v) is 4.09. The van der Waals surface area contributed by atoms with Crippen molar-refractivity contribution in [3.05, 3.63) is 46.4 Å². The number of benzene rings is 1. The maximum atomic E-state index is 12.6. The summed E-state index contributed by atoms with van der Waals surface area (Å²) in [6.07, 6.45) is 3.14. The molecule has 1 saturated heterocycles. The molecule has 1 saturated carbocycles. The zero-order valence-corrected chi connectivity index (χ0v) is 16.7. The van der Waals surface area contributed by atoms with Gasteiger partial charge in [0, 0.05) is 36.0 Å². The van der Waals surface area contributed by atoms with E-state index in [1.54, 1.807) is 31.2 Å². The Labute approximate surface area is 172 Å². The van der Waals surface area contributed by atoms with Gasteiger partial charge < -0.3 is 15.6 Å². The number of aromatic nitrogens is 2. The summed E-state index contributed by atoms with van der Waals surface area (Å²) >= 11 is 0. The van der Waals surface area contributed by atoms with Crippen LogP contribution in [0, 0.1) is 6.92 Å². The van der Waals surface area contributed by atoms with Gasteiger partial charge in [0.05, 0.1) is 0 Å². The van der Waals surface area contributed by atoms with Gasteiger partial charge in [0.25, 0.3) is 11.5 Å². The molecule has 0 bridgehead atoms. The molecule has 9 heteroatoms. The molecule has 156 valence electrons. The number of nitrogens with one attached hydrogen (secondary N) is 3. The normalized spacial score (nSPS) is 17.4. The molecule has 0 radical (unpaired) electrons. The van der Waals surface area contributed by atoms with Crippen LogP contribution in [0.15, 0.2) is 35.1 Å². The summed E-state index contributed by atoms with van der Waals surface area (Å²) in [7, 11) is 0. The van der Waals surface area contributed by atoms with Crippen LogP contribution in [0.4, 0.5) is 10.5 Å². The number of hydrogen-bond donors (Lipinski definition) is 3. The summed E-state index contributed by atoms with van der Waals surface area (Å²) in [5.41, 5.74) is 0.772. The first kappa shape index (κ1) is 19.8. The molecule has 4 rings (SSSR count). The number of nitrogens with zero attached hydrogens (tertiary/aromatic N) is 2. The SMILES string of the molecule is Cc1cc(=O)[nH]c(-c2cccc(NC(=O)CCN3C(=O)NC4(CCCC4)C3=O)c2)n1.